The van der Waals surface area contributed by atoms with Crippen LogP contribution in [0.15, 0.2) is 18.2 Å². The Morgan fingerprint density at radius 3 is 2.87 bits per heavy atom. The van der Waals surface area contributed by atoms with Crippen LogP contribution < -0.4 is 0 Å². The van der Waals surface area contributed by atoms with Gasteiger partial charge >= 0.3 is 5.97 Å². The summed E-state index contributed by atoms with van der Waals surface area (Å²) >= 11 is 6.98. The molecule has 0 amide bonds. The van der Waals surface area contributed by atoms with Crippen molar-refractivity contribution in [3.63, 3.8) is 0 Å². The molecule has 0 atom stereocenters. The lowest BCUT2D eigenvalue weighted by molar-refractivity contribution is -0.136. The molecular weight excluding hydrogens is 239 g/mol. The topological polar surface area (TPSA) is 37.3 Å². The first-order valence-corrected chi connectivity index (χ1v) is 5.86. The highest BCUT2D eigenvalue weighted by molar-refractivity contribution is 7.98. The third kappa shape index (κ3) is 4.53. The molecule has 0 aliphatic rings. The summed E-state index contributed by atoms with van der Waals surface area (Å²) in [6, 6.07) is 4.61. The third-order valence-electron chi connectivity index (χ3n) is 1.71. The van der Waals surface area contributed by atoms with Crippen LogP contribution in [0.1, 0.15) is 12.0 Å². The van der Waals surface area contributed by atoms with Crippen molar-refractivity contribution in [3.8, 4) is 0 Å². The Kier molecular flexibility index (Phi) is 4.91. The van der Waals surface area contributed by atoms with Crippen molar-refractivity contribution >= 4 is 29.3 Å². The molecule has 2 nitrogen and oxygen atoms in total. The van der Waals surface area contributed by atoms with Crippen molar-refractivity contribution < 1.29 is 14.3 Å². The number of aliphatic carboxylic acids is 1. The monoisotopic (exact) mass is 248 g/mol. The van der Waals surface area contributed by atoms with Crippen molar-refractivity contribution in [3.05, 3.63) is 34.6 Å². The fourth-order valence-electron chi connectivity index (χ4n) is 0.979. The summed E-state index contributed by atoms with van der Waals surface area (Å²) in [6.07, 6.45) is 0.126. The predicted octanol–water partition coefficient (Wildman–Crippen LogP) is 3.19. The van der Waals surface area contributed by atoms with Gasteiger partial charge in [0, 0.05) is 11.5 Å². The van der Waals surface area contributed by atoms with Crippen LogP contribution in [-0.4, -0.2) is 16.8 Å². The van der Waals surface area contributed by atoms with E-state index in [4.69, 9.17) is 16.7 Å². The van der Waals surface area contributed by atoms with Crippen molar-refractivity contribution in [1.29, 1.82) is 0 Å². The van der Waals surface area contributed by atoms with Crippen LogP contribution in [0.25, 0.3) is 0 Å². The summed E-state index contributed by atoms with van der Waals surface area (Å²) in [7, 11) is 0. The van der Waals surface area contributed by atoms with E-state index in [2.05, 4.69) is 0 Å². The van der Waals surface area contributed by atoms with Crippen LogP contribution in [0.3, 0.4) is 0 Å². The summed E-state index contributed by atoms with van der Waals surface area (Å²) in [5, 5.41) is 8.51. The summed E-state index contributed by atoms with van der Waals surface area (Å²) in [5.41, 5.74) is 0.812. The minimum absolute atomic E-state index is 0.106. The van der Waals surface area contributed by atoms with Crippen molar-refractivity contribution in [2.75, 3.05) is 5.75 Å². The zero-order valence-electron chi connectivity index (χ0n) is 7.87. The van der Waals surface area contributed by atoms with Crippen LogP contribution in [0.4, 0.5) is 4.39 Å². The minimum Gasteiger partial charge on any atom is -0.481 e. The standard InChI is InChI=1S/C10H10ClFO2S/c11-8-2-1-7(5-9(8)12)6-15-4-3-10(13)14/h1-2,5H,3-4,6H2,(H,13,14). The van der Waals surface area contributed by atoms with E-state index < -0.39 is 11.8 Å². The number of benzene rings is 1. The van der Waals surface area contributed by atoms with E-state index in [1.54, 1.807) is 6.07 Å². The maximum atomic E-state index is 13.0. The number of thioether (sulfide) groups is 1. The number of halogens is 2. The van der Waals surface area contributed by atoms with E-state index in [9.17, 15) is 9.18 Å². The van der Waals surface area contributed by atoms with E-state index in [1.807, 2.05) is 0 Å². The molecule has 15 heavy (non-hydrogen) atoms. The Bertz CT molecular complexity index is 357. The maximum Gasteiger partial charge on any atom is 0.304 e. The van der Waals surface area contributed by atoms with Crippen LogP contribution in [0.5, 0.6) is 0 Å². The zero-order chi connectivity index (χ0) is 11.3. The molecule has 0 aromatic heterocycles. The van der Waals surface area contributed by atoms with Gasteiger partial charge in [0.15, 0.2) is 0 Å². The molecule has 1 aromatic rings. The highest BCUT2D eigenvalue weighted by Gasteiger charge is 2.02. The lowest BCUT2D eigenvalue weighted by atomic mass is 10.2. The van der Waals surface area contributed by atoms with E-state index in [1.165, 1.54) is 23.9 Å². The van der Waals surface area contributed by atoms with Crippen molar-refractivity contribution in [2.24, 2.45) is 0 Å². The van der Waals surface area contributed by atoms with Gasteiger partial charge in [-0.1, -0.05) is 17.7 Å². The van der Waals surface area contributed by atoms with Gasteiger partial charge in [-0.05, 0) is 17.7 Å². The molecule has 0 unspecified atom stereocenters. The smallest absolute Gasteiger partial charge is 0.304 e. The van der Waals surface area contributed by atoms with Gasteiger partial charge in [-0.15, -0.1) is 0 Å². The highest BCUT2D eigenvalue weighted by Crippen LogP contribution is 2.19. The largest absolute Gasteiger partial charge is 0.481 e. The average Bonchev–Trinajstić information content (AvgIpc) is 2.18. The average molecular weight is 249 g/mol. The maximum absolute atomic E-state index is 13.0. The second kappa shape index (κ2) is 5.98. The zero-order valence-corrected chi connectivity index (χ0v) is 9.45. The molecule has 0 aliphatic heterocycles. The molecular formula is C10H10ClFO2S. The number of rotatable bonds is 5. The Morgan fingerprint density at radius 1 is 1.53 bits per heavy atom. The second-order valence-electron chi connectivity index (χ2n) is 2.94. The fourth-order valence-corrected chi connectivity index (χ4v) is 1.98. The minimum atomic E-state index is -0.815. The Morgan fingerprint density at radius 2 is 2.27 bits per heavy atom. The van der Waals surface area contributed by atoms with Gasteiger partial charge in [-0.25, -0.2) is 4.39 Å². The predicted molar refractivity (Wildman–Crippen MR) is 59.8 cm³/mol. The Hall–Kier alpha value is -0.740. The quantitative estimate of drug-likeness (QED) is 0.814. The van der Waals surface area contributed by atoms with Gasteiger partial charge in [0.1, 0.15) is 5.82 Å². The molecule has 82 valence electrons. The van der Waals surface area contributed by atoms with Crippen molar-refractivity contribution in [2.45, 2.75) is 12.2 Å². The second-order valence-corrected chi connectivity index (χ2v) is 4.46. The molecule has 0 saturated carbocycles. The Labute approximate surface area is 96.4 Å². The lowest BCUT2D eigenvalue weighted by Crippen LogP contribution is -1.96. The van der Waals surface area contributed by atoms with Crippen molar-refractivity contribution in [1.82, 2.24) is 0 Å². The summed E-state index contributed by atoms with van der Waals surface area (Å²) < 4.78 is 13.0. The first kappa shape index (κ1) is 12.3. The number of carboxylic acids is 1. The van der Waals surface area contributed by atoms with Gasteiger partial charge in [-0.3, -0.25) is 4.79 Å². The van der Waals surface area contributed by atoms with Gasteiger partial charge in [0.05, 0.1) is 11.4 Å². The number of carbonyl (C=O) groups is 1. The molecule has 0 aliphatic carbocycles. The fraction of sp³-hybridized carbons (Fsp3) is 0.300. The van der Waals surface area contributed by atoms with E-state index >= 15 is 0 Å². The molecule has 5 heteroatoms. The normalized spacial score (nSPS) is 10.3. The number of hydrogen-bond donors (Lipinski definition) is 1. The summed E-state index contributed by atoms with van der Waals surface area (Å²) in [5.74, 6) is -0.126. The molecule has 1 N–H and O–H groups in total. The van der Waals surface area contributed by atoms with Gasteiger partial charge in [0.25, 0.3) is 0 Å². The van der Waals surface area contributed by atoms with Crippen LogP contribution in [0, 0.1) is 5.82 Å². The summed E-state index contributed by atoms with van der Waals surface area (Å²) in [6.45, 7) is 0. The van der Waals surface area contributed by atoms with Crippen LogP contribution >= 0.6 is 23.4 Å². The van der Waals surface area contributed by atoms with Crippen LogP contribution in [-0.2, 0) is 10.5 Å². The molecule has 1 rings (SSSR count). The lowest BCUT2D eigenvalue weighted by Gasteiger charge is -2.01. The van der Waals surface area contributed by atoms with Gasteiger partial charge < -0.3 is 5.11 Å². The molecule has 0 heterocycles. The third-order valence-corrected chi connectivity index (χ3v) is 3.05. The molecule has 0 spiro atoms. The number of carboxylic acid groups (broad SMARTS) is 1. The summed E-state index contributed by atoms with van der Waals surface area (Å²) in [4.78, 5) is 10.2. The number of hydrogen-bond acceptors (Lipinski definition) is 2. The SMILES string of the molecule is O=C(O)CCSCc1ccc(Cl)c(F)c1. The van der Waals surface area contributed by atoms with Crippen LogP contribution in [0.2, 0.25) is 5.02 Å². The first-order valence-electron chi connectivity index (χ1n) is 4.33. The van der Waals surface area contributed by atoms with E-state index in [0.29, 0.717) is 11.5 Å². The molecule has 0 bridgehead atoms. The van der Waals surface area contributed by atoms with Gasteiger partial charge in [0.2, 0.25) is 0 Å². The highest BCUT2D eigenvalue weighted by atomic mass is 35.5. The van der Waals surface area contributed by atoms with Gasteiger partial charge in [-0.2, -0.15) is 11.8 Å². The molecule has 0 saturated heterocycles. The molecule has 0 fully saturated rings. The molecule has 0 radical (unpaired) electrons. The molecule has 1 aromatic carbocycles. The van der Waals surface area contributed by atoms with E-state index in [-0.39, 0.29) is 11.4 Å². The first-order chi connectivity index (χ1) is 7.09. The van der Waals surface area contributed by atoms with E-state index in [0.717, 1.165) is 5.56 Å². The Balaban J connectivity index is 2.38.